The Hall–Kier alpha value is -0.670. The van der Waals surface area contributed by atoms with Crippen LogP contribution in [0.15, 0.2) is 17.8 Å². The van der Waals surface area contributed by atoms with E-state index in [0.29, 0.717) is 6.04 Å². The summed E-state index contributed by atoms with van der Waals surface area (Å²) in [6.45, 7) is 9.53. The van der Waals surface area contributed by atoms with Gasteiger partial charge < -0.3 is 5.32 Å². The molecule has 1 atom stereocenters. The first-order valence-corrected chi connectivity index (χ1v) is 6.67. The van der Waals surface area contributed by atoms with Gasteiger partial charge in [-0.1, -0.05) is 11.6 Å². The molecule has 0 radical (unpaired) electrons. The van der Waals surface area contributed by atoms with Crippen molar-refractivity contribution in [2.75, 3.05) is 0 Å². The molecular formula is C13H22N2S. The molecule has 0 saturated carbocycles. The highest BCUT2D eigenvalue weighted by atomic mass is 32.1. The lowest BCUT2D eigenvalue weighted by atomic mass is 10.1. The maximum absolute atomic E-state index is 4.34. The molecule has 0 aliphatic carbocycles. The molecule has 0 amide bonds. The van der Waals surface area contributed by atoms with Crippen LogP contribution in [0.1, 0.15) is 43.5 Å². The standard InChI is InChI=1S/C13H22N2S/c1-10(2)6-5-7-11(3)14-9-13-15-8-12(4)16-13/h6,8,11,14H,5,7,9H2,1-4H3. The Labute approximate surface area is 103 Å². The molecule has 0 saturated heterocycles. The average molecular weight is 238 g/mol. The molecule has 1 N–H and O–H groups in total. The summed E-state index contributed by atoms with van der Waals surface area (Å²) in [5.41, 5.74) is 1.41. The lowest BCUT2D eigenvalue weighted by molar-refractivity contribution is 0.516. The van der Waals surface area contributed by atoms with Gasteiger partial charge in [0.2, 0.25) is 0 Å². The van der Waals surface area contributed by atoms with Crippen molar-refractivity contribution >= 4 is 11.3 Å². The molecule has 0 aliphatic rings. The summed E-state index contributed by atoms with van der Waals surface area (Å²) in [4.78, 5) is 5.63. The predicted molar refractivity (Wildman–Crippen MR) is 71.8 cm³/mol. The fourth-order valence-corrected chi connectivity index (χ4v) is 2.21. The van der Waals surface area contributed by atoms with Gasteiger partial charge in [0.25, 0.3) is 0 Å². The van der Waals surface area contributed by atoms with Crippen LogP contribution in [-0.2, 0) is 6.54 Å². The van der Waals surface area contributed by atoms with Crippen LogP contribution in [0, 0.1) is 6.92 Å². The molecule has 0 spiro atoms. The molecule has 2 nitrogen and oxygen atoms in total. The van der Waals surface area contributed by atoms with Gasteiger partial charge in [-0.15, -0.1) is 11.3 Å². The van der Waals surface area contributed by atoms with Crippen LogP contribution < -0.4 is 5.32 Å². The Kier molecular flexibility index (Phi) is 5.71. The number of aromatic nitrogens is 1. The zero-order chi connectivity index (χ0) is 12.0. The zero-order valence-electron chi connectivity index (χ0n) is 10.7. The van der Waals surface area contributed by atoms with E-state index in [9.17, 15) is 0 Å². The highest BCUT2D eigenvalue weighted by Gasteiger charge is 2.02. The molecule has 0 fully saturated rings. The summed E-state index contributed by atoms with van der Waals surface area (Å²) < 4.78 is 0. The number of nitrogens with zero attached hydrogens (tertiary/aromatic N) is 1. The summed E-state index contributed by atoms with van der Waals surface area (Å²) in [5.74, 6) is 0. The minimum Gasteiger partial charge on any atom is -0.308 e. The number of aryl methyl sites for hydroxylation is 1. The first-order valence-electron chi connectivity index (χ1n) is 5.86. The van der Waals surface area contributed by atoms with E-state index in [1.165, 1.54) is 21.9 Å². The first-order chi connectivity index (χ1) is 7.58. The van der Waals surface area contributed by atoms with Crippen molar-refractivity contribution in [1.29, 1.82) is 0 Å². The second kappa shape index (κ2) is 6.81. The van der Waals surface area contributed by atoms with Gasteiger partial charge in [-0.3, -0.25) is 0 Å². The number of allylic oxidation sites excluding steroid dienone is 2. The molecule has 1 rings (SSSR count). The van der Waals surface area contributed by atoms with E-state index in [4.69, 9.17) is 0 Å². The van der Waals surface area contributed by atoms with Gasteiger partial charge >= 0.3 is 0 Å². The largest absolute Gasteiger partial charge is 0.308 e. The number of hydrogen-bond acceptors (Lipinski definition) is 3. The quantitative estimate of drug-likeness (QED) is 0.765. The van der Waals surface area contributed by atoms with Gasteiger partial charge in [-0.2, -0.15) is 0 Å². The molecular weight excluding hydrogens is 216 g/mol. The second-order valence-corrected chi connectivity index (χ2v) is 5.82. The topological polar surface area (TPSA) is 24.9 Å². The monoisotopic (exact) mass is 238 g/mol. The Morgan fingerprint density at radius 1 is 1.56 bits per heavy atom. The number of hydrogen-bond donors (Lipinski definition) is 1. The van der Waals surface area contributed by atoms with E-state index < -0.39 is 0 Å². The highest BCUT2D eigenvalue weighted by molar-refractivity contribution is 7.11. The maximum atomic E-state index is 4.34. The first kappa shape index (κ1) is 13.4. The Bertz CT molecular complexity index is 337. The number of rotatable bonds is 6. The maximum Gasteiger partial charge on any atom is 0.107 e. The van der Waals surface area contributed by atoms with Crippen molar-refractivity contribution in [3.05, 3.63) is 27.7 Å². The van der Waals surface area contributed by atoms with Crippen molar-refractivity contribution in [1.82, 2.24) is 10.3 Å². The fourth-order valence-electron chi connectivity index (χ4n) is 1.47. The fraction of sp³-hybridized carbons (Fsp3) is 0.615. The van der Waals surface area contributed by atoms with Gasteiger partial charge in [0.15, 0.2) is 0 Å². The van der Waals surface area contributed by atoms with Crippen molar-refractivity contribution in [2.45, 2.75) is 53.1 Å². The normalized spacial score (nSPS) is 12.5. The summed E-state index contributed by atoms with van der Waals surface area (Å²) in [5, 5.41) is 4.69. The summed E-state index contributed by atoms with van der Waals surface area (Å²) in [6, 6.07) is 0.555. The molecule has 1 unspecified atom stereocenters. The third-order valence-electron chi connectivity index (χ3n) is 2.42. The molecule has 0 aromatic carbocycles. The van der Waals surface area contributed by atoms with Gasteiger partial charge in [0.1, 0.15) is 5.01 Å². The molecule has 0 aliphatic heterocycles. The second-order valence-electron chi connectivity index (χ2n) is 4.51. The van der Waals surface area contributed by atoms with Crippen molar-refractivity contribution in [3.63, 3.8) is 0 Å². The van der Waals surface area contributed by atoms with E-state index >= 15 is 0 Å². The van der Waals surface area contributed by atoms with Crippen LogP contribution in [-0.4, -0.2) is 11.0 Å². The number of thiazole rings is 1. The van der Waals surface area contributed by atoms with Crippen LogP contribution in [0.5, 0.6) is 0 Å². The molecule has 1 aromatic heterocycles. The summed E-state index contributed by atoms with van der Waals surface area (Å²) >= 11 is 1.77. The summed E-state index contributed by atoms with van der Waals surface area (Å²) in [6.07, 6.45) is 6.59. The van der Waals surface area contributed by atoms with Gasteiger partial charge in [0.05, 0.1) is 0 Å². The molecule has 16 heavy (non-hydrogen) atoms. The Balaban J connectivity index is 2.20. The zero-order valence-corrected chi connectivity index (χ0v) is 11.5. The lowest BCUT2D eigenvalue weighted by Gasteiger charge is -2.11. The van der Waals surface area contributed by atoms with Crippen LogP contribution in [0.25, 0.3) is 0 Å². The van der Waals surface area contributed by atoms with Crippen LogP contribution in [0.2, 0.25) is 0 Å². The van der Waals surface area contributed by atoms with Crippen molar-refractivity contribution in [2.24, 2.45) is 0 Å². The number of nitrogens with one attached hydrogen (secondary N) is 1. The average Bonchev–Trinajstić information content (AvgIpc) is 2.61. The SMILES string of the molecule is CC(C)=CCCC(C)NCc1ncc(C)s1. The van der Waals surface area contributed by atoms with E-state index in [0.717, 1.165) is 13.0 Å². The van der Waals surface area contributed by atoms with Crippen LogP contribution >= 0.6 is 11.3 Å². The lowest BCUT2D eigenvalue weighted by Crippen LogP contribution is -2.25. The minimum absolute atomic E-state index is 0.555. The Morgan fingerprint density at radius 3 is 2.88 bits per heavy atom. The molecule has 1 aromatic rings. The van der Waals surface area contributed by atoms with E-state index in [1.807, 2.05) is 6.20 Å². The highest BCUT2D eigenvalue weighted by Crippen LogP contribution is 2.11. The van der Waals surface area contributed by atoms with Gasteiger partial charge in [-0.05, 0) is 40.5 Å². The van der Waals surface area contributed by atoms with Crippen molar-refractivity contribution < 1.29 is 0 Å². The van der Waals surface area contributed by atoms with E-state index in [-0.39, 0.29) is 0 Å². The van der Waals surface area contributed by atoms with Gasteiger partial charge in [0, 0.05) is 23.7 Å². The third kappa shape index (κ3) is 5.42. The molecule has 0 bridgehead atoms. The predicted octanol–water partition coefficient (Wildman–Crippen LogP) is 3.68. The molecule has 3 heteroatoms. The van der Waals surface area contributed by atoms with Gasteiger partial charge in [-0.25, -0.2) is 4.98 Å². The molecule has 1 heterocycles. The van der Waals surface area contributed by atoms with Crippen molar-refractivity contribution in [3.8, 4) is 0 Å². The third-order valence-corrected chi connectivity index (χ3v) is 3.34. The van der Waals surface area contributed by atoms with Crippen LogP contribution in [0.3, 0.4) is 0 Å². The Morgan fingerprint density at radius 2 is 2.31 bits per heavy atom. The molecule has 90 valence electrons. The van der Waals surface area contributed by atoms with E-state index in [1.54, 1.807) is 11.3 Å². The smallest absolute Gasteiger partial charge is 0.107 e. The summed E-state index contributed by atoms with van der Waals surface area (Å²) in [7, 11) is 0. The van der Waals surface area contributed by atoms with Crippen LogP contribution in [0.4, 0.5) is 0 Å². The minimum atomic E-state index is 0.555. The van der Waals surface area contributed by atoms with E-state index in [2.05, 4.69) is 44.1 Å².